The molecule has 0 heterocycles. The average Bonchev–Trinajstić information content (AvgIpc) is 2.87. The molecule has 0 saturated carbocycles. The fraction of sp³-hybridized carbons (Fsp3) is 0.400. The Morgan fingerprint density at radius 1 is 0.306 bits per heavy atom. The van der Waals surface area contributed by atoms with Gasteiger partial charge in [0.1, 0.15) is 23.9 Å². The number of aliphatic carboxylic acids is 4. The molecule has 0 fully saturated rings. The van der Waals surface area contributed by atoms with Gasteiger partial charge in [0.2, 0.25) is 23.1 Å². The summed E-state index contributed by atoms with van der Waals surface area (Å²) in [5, 5.41) is 38.3. The number of hydrogen-bond acceptors (Lipinski definition) is 16. The average molecular weight is 964 g/mol. The van der Waals surface area contributed by atoms with Crippen molar-refractivity contribution in [2.24, 2.45) is 0 Å². The number of Topliss-reactive ketones (excluding diaryl/α,β-unsaturated/α-hetero) is 8. The van der Waals surface area contributed by atoms with E-state index in [1.54, 1.807) is 0 Å². The van der Waals surface area contributed by atoms with Gasteiger partial charge < -0.3 is 39.6 Å². The molecule has 0 aliphatic heterocycles. The third kappa shape index (κ3) is 28.5. The summed E-state index contributed by atoms with van der Waals surface area (Å²) in [4.78, 5) is 118. The van der Waals surface area contributed by atoms with Crippen LogP contribution in [0.4, 0.5) is 52.7 Å². The van der Waals surface area contributed by atoms with E-state index in [0.717, 1.165) is 0 Å². The fourth-order valence-corrected chi connectivity index (χ4v) is 1.27. The van der Waals surface area contributed by atoms with E-state index in [-0.39, 0.29) is 39.9 Å². The smallest absolute Gasteiger partial charge is 0.542 e. The van der Waals surface area contributed by atoms with E-state index < -0.39 is 121 Å². The van der Waals surface area contributed by atoms with E-state index in [9.17, 15) is 131 Å². The molecule has 0 aromatic carbocycles. The van der Waals surface area contributed by atoms with E-state index >= 15 is 0 Å². The Kier molecular flexibility index (Phi) is 24.7. The van der Waals surface area contributed by atoms with E-state index in [2.05, 4.69) is 0 Å². The molecular weight excluding hydrogens is 956 g/mol. The summed E-state index contributed by atoms with van der Waals surface area (Å²) < 4.78 is 136. The summed E-state index contributed by atoms with van der Waals surface area (Å²) in [7, 11) is 0. The first-order valence-corrected chi connectivity index (χ1v) is 10.4. The molecule has 272 valence electrons. The van der Waals surface area contributed by atoms with Crippen LogP contribution in [-0.2, 0) is 57.5 Å². The molecule has 0 N–H and O–H groups in total. The van der Waals surface area contributed by atoms with Gasteiger partial charge >= 0.3 is 64.6 Å². The van der Waals surface area contributed by atoms with Crippen molar-refractivity contribution < 1.29 is 171 Å². The van der Waals surface area contributed by atoms with Crippen molar-refractivity contribution in [2.75, 3.05) is 0 Å². The van der Waals surface area contributed by atoms with Crippen molar-refractivity contribution in [1.82, 2.24) is 0 Å². The molecular formula is C20H8F12O16Th. The van der Waals surface area contributed by atoms with Gasteiger partial charge in [-0.2, -0.15) is 52.7 Å². The molecule has 0 unspecified atom stereocenters. The van der Waals surface area contributed by atoms with Crippen molar-refractivity contribution in [3.63, 3.8) is 0 Å². The van der Waals surface area contributed by atoms with Gasteiger partial charge in [-0.15, -0.1) is 0 Å². The number of carbonyl (C=O) groups excluding carboxylic acids is 12. The van der Waals surface area contributed by atoms with E-state index in [4.69, 9.17) is 0 Å². The van der Waals surface area contributed by atoms with Gasteiger partial charge in [-0.25, -0.2) is 0 Å². The fourth-order valence-electron chi connectivity index (χ4n) is 1.27. The van der Waals surface area contributed by atoms with Crippen LogP contribution in [-0.4, -0.2) is 94.8 Å². The summed E-state index contributed by atoms with van der Waals surface area (Å²) in [6.07, 6.45) is -27.5. The molecule has 0 aromatic rings. The summed E-state index contributed by atoms with van der Waals surface area (Å²) in [5.41, 5.74) is 0. The second kappa shape index (κ2) is 22.4. The van der Waals surface area contributed by atoms with Crippen molar-refractivity contribution in [3.05, 3.63) is 0 Å². The maximum atomic E-state index is 11.4. The minimum Gasteiger partial charge on any atom is -0.542 e. The molecule has 0 aromatic heterocycles. The maximum absolute atomic E-state index is 11.4. The number of hydrogen-bond donors (Lipinski definition) is 0. The third-order valence-electron chi connectivity index (χ3n) is 3.46. The predicted molar refractivity (Wildman–Crippen MR) is 103 cm³/mol. The molecule has 0 amide bonds. The van der Waals surface area contributed by atoms with Gasteiger partial charge in [-0.05, 0) is 0 Å². The second-order valence-corrected chi connectivity index (χ2v) is 7.23. The normalized spacial score (nSPS) is 10.7. The first-order valence-electron chi connectivity index (χ1n) is 10.4. The zero-order valence-electron chi connectivity index (χ0n) is 22.4. The third-order valence-corrected chi connectivity index (χ3v) is 3.46. The molecule has 0 atom stereocenters. The monoisotopic (exact) mass is 964 g/mol. The Hall–Kier alpha value is -4.28. The molecule has 0 saturated heterocycles. The van der Waals surface area contributed by atoms with Gasteiger partial charge in [0.05, 0.1) is 25.7 Å². The Bertz CT molecular complexity index is 1120. The number of halogens is 12. The van der Waals surface area contributed by atoms with Crippen LogP contribution >= 0.6 is 0 Å². The predicted octanol–water partition coefficient (Wildman–Crippen LogP) is -4.69. The topological polar surface area (TPSA) is 297 Å². The van der Waals surface area contributed by atoms with Gasteiger partial charge in [-0.1, -0.05) is 0 Å². The summed E-state index contributed by atoms with van der Waals surface area (Å²) in [5.74, 6) is -26.3. The minimum absolute atomic E-state index is 0. The van der Waals surface area contributed by atoms with Crippen molar-refractivity contribution in [3.8, 4) is 0 Å². The quantitative estimate of drug-likeness (QED) is 0.101. The van der Waals surface area contributed by atoms with Crippen LogP contribution in [0.15, 0.2) is 0 Å². The number of ketones is 8. The zero-order valence-corrected chi connectivity index (χ0v) is 26.5. The Morgan fingerprint density at radius 3 is 0.469 bits per heavy atom. The molecule has 0 radical (unpaired) electrons. The number of carbonyl (C=O) groups is 12. The number of carboxylic acids is 4. The Balaban J connectivity index is -0.000000174. The van der Waals surface area contributed by atoms with Gasteiger partial charge in [-0.3, -0.25) is 38.4 Å². The van der Waals surface area contributed by atoms with Gasteiger partial charge in [0, 0.05) is 0 Å². The SMILES string of the molecule is O=C([O-])C(=O)CC(=O)C(F)(F)F.O=C([O-])C(=O)CC(=O)C(F)(F)F.O=C([O-])C(=O)CC(=O)C(F)(F)F.O=C([O-])C(=O)CC(=O)C(F)(F)F.[Th+4]. The molecule has 0 aliphatic carbocycles. The molecule has 16 nitrogen and oxygen atoms in total. The summed E-state index contributed by atoms with van der Waals surface area (Å²) >= 11 is 0. The largest absolute Gasteiger partial charge is 4.00 e. The van der Waals surface area contributed by atoms with Crippen LogP contribution in [0.5, 0.6) is 0 Å². The van der Waals surface area contributed by atoms with E-state index in [1.807, 2.05) is 0 Å². The van der Waals surface area contributed by atoms with Crippen LogP contribution in [0.3, 0.4) is 0 Å². The summed E-state index contributed by atoms with van der Waals surface area (Å²) in [6.45, 7) is 0. The number of carboxylic acid groups (broad SMARTS) is 4. The minimum atomic E-state index is -5.18. The number of rotatable bonds is 12. The first-order chi connectivity index (χ1) is 21.0. The van der Waals surface area contributed by atoms with Crippen LogP contribution in [0.2, 0.25) is 0 Å². The van der Waals surface area contributed by atoms with Crippen molar-refractivity contribution in [2.45, 2.75) is 50.4 Å². The van der Waals surface area contributed by atoms with Gasteiger partial charge in [0.15, 0.2) is 23.1 Å². The van der Waals surface area contributed by atoms with Crippen LogP contribution in [0.1, 0.15) is 25.7 Å². The molecule has 0 rings (SSSR count). The second-order valence-electron chi connectivity index (χ2n) is 7.23. The molecule has 0 spiro atoms. The summed E-state index contributed by atoms with van der Waals surface area (Å²) in [6, 6.07) is 0. The van der Waals surface area contributed by atoms with Crippen LogP contribution in [0, 0.1) is 39.9 Å². The Labute approximate surface area is 290 Å². The van der Waals surface area contributed by atoms with Crippen LogP contribution in [0.25, 0.3) is 0 Å². The molecule has 49 heavy (non-hydrogen) atoms. The maximum Gasteiger partial charge on any atom is 4.00 e. The Morgan fingerprint density at radius 2 is 0.408 bits per heavy atom. The molecule has 29 heteroatoms. The van der Waals surface area contributed by atoms with Crippen molar-refractivity contribution >= 4 is 70.1 Å². The van der Waals surface area contributed by atoms with Gasteiger partial charge in [0.25, 0.3) is 0 Å². The van der Waals surface area contributed by atoms with E-state index in [1.165, 1.54) is 0 Å². The van der Waals surface area contributed by atoms with Crippen molar-refractivity contribution in [1.29, 1.82) is 0 Å². The van der Waals surface area contributed by atoms with Crippen LogP contribution < -0.4 is 20.4 Å². The molecule has 0 bridgehead atoms. The standard InChI is InChI=1S/4C5H3F3O4.Th/c4*6-5(7,8)3(10)1-2(9)4(11)12;/h4*1H2,(H,11,12);/q;;;;+4/p-4. The molecule has 0 aliphatic rings. The number of alkyl halides is 12. The zero-order chi connectivity index (χ0) is 39.8. The first kappa shape index (κ1) is 54.2. The van der Waals surface area contributed by atoms with E-state index in [0.29, 0.717) is 0 Å².